The Morgan fingerprint density at radius 3 is 3.04 bits per heavy atom. The topological polar surface area (TPSA) is 73.1 Å². The summed E-state index contributed by atoms with van der Waals surface area (Å²) in [6.45, 7) is 2.79. The van der Waals surface area contributed by atoms with Crippen LogP contribution in [0.2, 0.25) is 0 Å². The van der Waals surface area contributed by atoms with E-state index >= 15 is 0 Å². The lowest BCUT2D eigenvalue weighted by Crippen LogP contribution is -2.26. The Balaban J connectivity index is 1.95. The van der Waals surface area contributed by atoms with E-state index in [0.29, 0.717) is 29.3 Å². The number of hydrogen-bond donors (Lipinski definition) is 1. The van der Waals surface area contributed by atoms with Crippen LogP contribution in [0.1, 0.15) is 48.2 Å². The van der Waals surface area contributed by atoms with Crippen molar-refractivity contribution in [2.24, 2.45) is 0 Å². The van der Waals surface area contributed by atoms with E-state index in [9.17, 15) is 9.90 Å². The largest absolute Gasteiger partial charge is 0.462 e. The molecule has 0 radical (unpaired) electrons. The van der Waals surface area contributed by atoms with Crippen molar-refractivity contribution in [1.82, 2.24) is 9.61 Å². The van der Waals surface area contributed by atoms with Crippen LogP contribution in [0, 0.1) is 0 Å². The van der Waals surface area contributed by atoms with Crippen molar-refractivity contribution >= 4 is 23.2 Å². The first-order chi connectivity index (χ1) is 11.7. The number of ether oxygens (including phenoxy) is 2. The van der Waals surface area contributed by atoms with Gasteiger partial charge in [-0.25, -0.2) is 9.31 Å². The van der Waals surface area contributed by atoms with Gasteiger partial charge < -0.3 is 14.6 Å². The number of carbonyl (C=O) groups is 1. The van der Waals surface area contributed by atoms with Gasteiger partial charge in [-0.15, -0.1) is 11.8 Å². The second kappa shape index (κ2) is 7.55. The molecule has 3 rings (SSSR count). The van der Waals surface area contributed by atoms with Gasteiger partial charge >= 0.3 is 5.97 Å². The SMILES string of the molecule is CCOC(=O)c1c(SC)nn2cc(C(O)C3CCCCO3)ccc12. The molecule has 2 unspecified atom stereocenters. The second-order valence-electron chi connectivity index (χ2n) is 5.75. The number of thioether (sulfide) groups is 1. The van der Waals surface area contributed by atoms with Gasteiger partial charge in [0, 0.05) is 18.4 Å². The molecule has 2 aromatic heterocycles. The Kier molecular flexibility index (Phi) is 5.43. The van der Waals surface area contributed by atoms with Gasteiger partial charge in [-0.2, -0.15) is 5.10 Å². The normalized spacial score (nSPS) is 19.4. The third-order valence-corrected chi connectivity index (χ3v) is 4.87. The minimum Gasteiger partial charge on any atom is -0.462 e. The summed E-state index contributed by atoms with van der Waals surface area (Å²) in [6.07, 6.45) is 5.72. The Bertz CT molecular complexity index is 725. The number of aliphatic hydroxyl groups is 1. The van der Waals surface area contributed by atoms with Gasteiger partial charge in [-0.05, 0) is 38.5 Å². The van der Waals surface area contributed by atoms with Crippen LogP contribution >= 0.6 is 11.8 Å². The van der Waals surface area contributed by atoms with E-state index in [0.717, 1.165) is 24.8 Å². The van der Waals surface area contributed by atoms with Crippen LogP contribution in [0.5, 0.6) is 0 Å². The molecular weight excluding hydrogens is 328 g/mol. The predicted octanol–water partition coefficient (Wildman–Crippen LogP) is 2.84. The van der Waals surface area contributed by atoms with Crippen molar-refractivity contribution in [2.75, 3.05) is 19.5 Å². The van der Waals surface area contributed by atoms with Crippen molar-refractivity contribution in [3.8, 4) is 0 Å². The second-order valence-corrected chi connectivity index (χ2v) is 6.54. The van der Waals surface area contributed by atoms with Crippen LogP contribution < -0.4 is 0 Å². The summed E-state index contributed by atoms with van der Waals surface area (Å²) in [5.41, 5.74) is 1.89. The molecule has 7 heteroatoms. The smallest absolute Gasteiger partial charge is 0.343 e. The third kappa shape index (κ3) is 3.29. The van der Waals surface area contributed by atoms with Gasteiger partial charge in [0.05, 0.1) is 18.2 Å². The zero-order valence-corrected chi connectivity index (χ0v) is 14.7. The van der Waals surface area contributed by atoms with Gasteiger partial charge in [-0.3, -0.25) is 0 Å². The maximum atomic E-state index is 12.2. The molecule has 0 saturated carbocycles. The Labute approximate surface area is 145 Å². The quantitative estimate of drug-likeness (QED) is 0.660. The average Bonchev–Trinajstić information content (AvgIpc) is 2.99. The number of rotatable bonds is 5. The lowest BCUT2D eigenvalue weighted by atomic mass is 9.99. The minimum atomic E-state index is -0.692. The van der Waals surface area contributed by atoms with Crippen molar-refractivity contribution in [3.05, 3.63) is 29.5 Å². The monoisotopic (exact) mass is 350 g/mol. The number of aliphatic hydroxyl groups excluding tert-OH is 1. The summed E-state index contributed by atoms with van der Waals surface area (Å²) in [6, 6.07) is 3.63. The highest BCUT2D eigenvalue weighted by Crippen LogP contribution is 2.29. The van der Waals surface area contributed by atoms with Crippen molar-refractivity contribution in [1.29, 1.82) is 0 Å². The van der Waals surface area contributed by atoms with E-state index < -0.39 is 6.10 Å². The molecule has 130 valence electrons. The lowest BCUT2D eigenvalue weighted by Gasteiger charge is -2.27. The molecule has 0 bridgehead atoms. The van der Waals surface area contributed by atoms with Crippen LogP contribution in [-0.4, -0.2) is 46.3 Å². The number of pyridine rings is 1. The van der Waals surface area contributed by atoms with E-state index in [2.05, 4.69) is 5.10 Å². The average molecular weight is 350 g/mol. The fourth-order valence-corrected chi connectivity index (χ4v) is 3.55. The van der Waals surface area contributed by atoms with Crippen LogP contribution in [0.4, 0.5) is 0 Å². The van der Waals surface area contributed by atoms with Crippen LogP contribution in [0.3, 0.4) is 0 Å². The first-order valence-corrected chi connectivity index (χ1v) is 9.41. The number of carbonyl (C=O) groups excluding carboxylic acids is 1. The number of nitrogens with zero attached hydrogens (tertiary/aromatic N) is 2. The molecule has 0 aliphatic carbocycles. The van der Waals surface area contributed by atoms with Crippen molar-refractivity contribution in [2.45, 2.75) is 43.4 Å². The summed E-state index contributed by atoms with van der Waals surface area (Å²) < 4.78 is 12.4. The fourth-order valence-electron chi connectivity index (χ4n) is 2.99. The van der Waals surface area contributed by atoms with Crippen LogP contribution in [0.15, 0.2) is 23.4 Å². The molecule has 3 heterocycles. The van der Waals surface area contributed by atoms with E-state index in [4.69, 9.17) is 9.47 Å². The maximum Gasteiger partial charge on any atom is 0.343 e. The third-order valence-electron chi connectivity index (χ3n) is 4.20. The Hall–Kier alpha value is -1.57. The molecule has 1 fully saturated rings. The number of hydrogen-bond acceptors (Lipinski definition) is 6. The molecule has 1 N–H and O–H groups in total. The molecular formula is C17H22N2O4S. The highest BCUT2D eigenvalue weighted by atomic mass is 32.2. The molecule has 1 aliphatic rings. The lowest BCUT2D eigenvalue weighted by molar-refractivity contribution is -0.0634. The van der Waals surface area contributed by atoms with E-state index in [1.54, 1.807) is 23.7 Å². The number of fused-ring (bicyclic) bond motifs is 1. The fraction of sp³-hybridized carbons (Fsp3) is 0.529. The number of esters is 1. The van der Waals surface area contributed by atoms with Gasteiger partial charge in [0.2, 0.25) is 0 Å². The predicted molar refractivity (Wildman–Crippen MR) is 91.5 cm³/mol. The van der Waals surface area contributed by atoms with Gasteiger partial charge in [0.1, 0.15) is 16.7 Å². The zero-order chi connectivity index (χ0) is 17.1. The summed E-state index contributed by atoms with van der Waals surface area (Å²) in [7, 11) is 0. The molecule has 1 aliphatic heterocycles. The Morgan fingerprint density at radius 1 is 1.54 bits per heavy atom. The molecule has 2 aromatic rings. The first kappa shape index (κ1) is 17.3. The molecule has 24 heavy (non-hydrogen) atoms. The molecule has 0 aromatic carbocycles. The van der Waals surface area contributed by atoms with Gasteiger partial charge in [0.25, 0.3) is 0 Å². The Morgan fingerprint density at radius 2 is 2.38 bits per heavy atom. The zero-order valence-electron chi connectivity index (χ0n) is 13.9. The van der Waals surface area contributed by atoms with Gasteiger partial charge in [0.15, 0.2) is 0 Å². The van der Waals surface area contributed by atoms with E-state index in [1.165, 1.54) is 11.8 Å². The van der Waals surface area contributed by atoms with Crippen LogP contribution in [0.25, 0.3) is 5.52 Å². The standard InChI is InChI=1S/C17H22N2O4S/c1-3-22-17(21)14-12-8-7-11(10-19(12)18-16(14)24-2)15(20)13-6-4-5-9-23-13/h7-8,10,13,15,20H,3-6,9H2,1-2H3. The van der Waals surface area contributed by atoms with Crippen molar-refractivity contribution < 1.29 is 19.4 Å². The molecule has 1 saturated heterocycles. The molecule has 0 spiro atoms. The summed E-state index contributed by atoms with van der Waals surface area (Å²) >= 11 is 1.40. The van der Waals surface area contributed by atoms with Gasteiger partial charge in [-0.1, -0.05) is 6.07 Å². The minimum absolute atomic E-state index is 0.184. The van der Waals surface area contributed by atoms with E-state index in [1.807, 2.05) is 12.3 Å². The van der Waals surface area contributed by atoms with Crippen LogP contribution in [-0.2, 0) is 9.47 Å². The summed E-state index contributed by atoms with van der Waals surface area (Å²) in [5.74, 6) is -0.374. The number of aromatic nitrogens is 2. The molecule has 2 atom stereocenters. The maximum absolute atomic E-state index is 12.2. The van der Waals surface area contributed by atoms with Crippen molar-refractivity contribution in [3.63, 3.8) is 0 Å². The summed E-state index contributed by atoms with van der Waals surface area (Å²) in [4.78, 5) is 12.2. The molecule has 6 nitrogen and oxygen atoms in total. The molecule has 0 amide bonds. The summed E-state index contributed by atoms with van der Waals surface area (Å²) in [5, 5.41) is 15.6. The highest BCUT2D eigenvalue weighted by Gasteiger charge is 2.26. The van der Waals surface area contributed by atoms with E-state index in [-0.39, 0.29) is 12.1 Å². The first-order valence-electron chi connectivity index (χ1n) is 8.18. The highest BCUT2D eigenvalue weighted by molar-refractivity contribution is 7.98.